The van der Waals surface area contributed by atoms with E-state index < -0.39 is 8.32 Å². The monoisotopic (exact) mass is 443 g/mol. The molecule has 160 valence electrons. The molecule has 28 heavy (non-hydrogen) atoms. The van der Waals surface area contributed by atoms with Crippen molar-refractivity contribution >= 4 is 31.5 Å². The Balaban J connectivity index is 2.18. The third-order valence-electron chi connectivity index (χ3n) is 6.83. The Kier molecular flexibility index (Phi) is 8.50. The Bertz CT molecular complexity index is 617. The lowest BCUT2D eigenvalue weighted by atomic mass is 9.66. The van der Waals surface area contributed by atoms with E-state index in [9.17, 15) is 0 Å². The summed E-state index contributed by atoms with van der Waals surface area (Å²) in [6.45, 7) is 16.6. The average Bonchev–Trinajstić information content (AvgIpc) is 2.55. The Morgan fingerprint density at radius 1 is 1.07 bits per heavy atom. The van der Waals surface area contributed by atoms with E-state index in [0.29, 0.717) is 11.5 Å². The molecule has 1 aromatic carbocycles. The summed E-state index contributed by atoms with van der Waals surface area (Å²) in [6, 6.07) is 7.93. The van der Waals surface area contributed by atoms with E-state index in [-0.39, 0.29) is 6.10 Å². The predicted octanol–water partition coefficient (Wildman–Crippen LogP) is 7.78. The van der Waals surface area contributed by atoms with Crippen LogP contribution in [-0.2, 0) is 4.43 Å². The van der Waals surface area contributed by atoms with Crippen molar-refractivity contribution in [3.63, 3.8) is 0 Å². The van der Waals surface area contributed by atoms with Gasteiger partial charge in [-0.05, 0) is 66.9 Å². The first-order valence-corrected chi connectivity index (χ1v) is 14.2. The second kappa shape index (κ2) is 9.83. The number of hydrogen-bond acceptors (Lipinski definition) is 2. The van der Waals surface area contributed by atoms with Gasteiger partial charge in [0.25, 0.3) is 0 Å². The zero-order chi connectivity index (χ0) is 21.1. The first kappa shape index (κ1) is 24.2. The normalized spacial score (nSPS) is 21.5. The molecule has 0 bridgehead atoms. The molecule has 1 saturated carbocycles. The second-order valence-electron chi connectivity index (χ2n) is 9.63. The van der Waals surface area contributed by atoms with Gasteiger partial charge in [0.05, 0.1) is 6.10 Å². The van der Waals surface area contributed by atoms with Crippen LogP contribution in [0, 0.1) is 18.3 Å². The molecular formula is C23H39Cl2NOSi. The fraction of sp³-hybridized carbons (Fsp3) is 0.739. The second-order valence-corrected chi connectivity index (χ2v) is 15.2. The minimum Gasteiger partial charge on any atom is -0.409 e. The largest absolute Gasteiger partial charge is 0.409 e. The molecule has 0 saturated heterocycles. The summed E-state index contributed by atoms with van der Waals surface area (Å²) in [5, 5.41) is 5.22. The van der Waals surface area contributed by atoms with Gasteiger partial charge in [-0.15, -0.1) is 0 Å². The van der Waals surface area contributed by atoms with E-state index in [1.165, 1.54) is 12.8 Å². The number of aryl methyl sites for hydroxylation is 1. The molecule has 1 N–H and O–H groups in total. The SMILES string of the molecule is CC[Si](CC)(CC)OC(CN[C@H]1C[C@H](C(C)(C)C)C1)c1c(Cl)cc(C)cc1Cl. The maximum Gasteiger partial charge on any atom is 0.192 e. The van der Waals surface area contributed by atoms with Crippen LogP contribution < -0.4 is 5.32 Å². The zero-order valence-electron chi connectivity index (χ0n) is 18.8. The van der Waals surface area contributed by atoms with Gasteiger partial charge < -0.3 is 9.74 Å². The molecule has 1 aliphatic rings. The van der Waals surface area contributed by atoms with Gasteiger partial charge in [-0.2, -0.15) is 0 Å². The number of hydrogen-bond donors (Lipinski definition) is 1. The van der Waals surface area contributed by atoms with Gasteiger partial charge in [-0.1, -0.05) is 64.7 Å². The summed E-state index contributed by atoms with van der Waals surface area (Å²) in [7, 11) is -1.79. The third kappa shape index (κ3) is 5.76. The van der Waals surface area contributed by atoms with Crippen molar-refractivity contribution in [2.75, 3.05) is 6.54 Å². The van der Waals surface area contributed by atoms with Crippen molar-refractivity contribution in [3.05, 3.63) is 33.3 Å². The van der Waals surface area contributed by atoms with E-state index in [2.05, 4.69) is 46.9 Å². The smallest absolute Gasteiger partial charge is 0.192 e. The fourth-order valence-electron chi connectivity index (χ4n) is 4.29. The van der Waals surface area contributed by atoms with E-state index in [4.69, 9.17) is 27.6 Å². The highest BCUT2D eigenvalue weighted by molar-refractivity contribution is 6.73. The van der Waals surface area contributed by atoms with Crippen LogP contribution in [0.1, 0.15) is 71.6 Å². The molecule has 0 radical (unpaired) electrons. The molecule has 0 spiro atoms. The molecule has 5 heteroatoms. The van der Waals surface area contributed by atoms with Crippen LogP contribution in [0.5, 0.6) is 0 Å². The predicted molar refractivity (Wildman–Crippen MR) is 126 cm³/mol. The van der Waals surface area contributed by atoms with Gasteiger partial charge in [-0.25, -0.2) is 0 Å². The molecule has 1 aliphatic carbocycles. The van der Waals surface area contributed by atoms with Crippen LogP contribution in [0.3, 0.4) is 0 Å². The summed E-state index contributed by atoms with van der Waals surface area (Å²) in [5.74, 6) is 0.798. The molecule has 1 unspecified atom stereocenters. The van der Waals surface area contributed by atoms with Crippen molar-refractivity contribution in [2.45, 2.75) is 91.6 Å². The summed E-state index contributed by atoms with van der Waals surface area (Å²) in [5.41, 5.74) is 2.44. The van der Waals surface area contributed by atoms with Gasteiger partial charge in [0.1, 0.15) is 0 Å². The lowest BCUT2D eigenvalue weighted by Gasteiger charge is -2.45. The van der Waals surface area contributed by atoms with Gasteiger partial charge in [0.2, 0.25) is 0 Å². The number of rotatable bonds is 9. The first-order chi connectivity index (χ1) is 13.0. The molecule has 2 rings (SSSR count). The van der Waals surface area contributed by atoms with Gasteiger partial charge >= 0.3 is 0 Å². The quantitative estimate of drug-likeness (QED) is 0.393. The minimum atomic E-state index is -1.79. The minimum absolute atomic E-state index is 0.0826. The van der Waals surface area contributed by atoms with Gasteiger partial charge in [0.15, 0.2) is 8.32 Å². The first-order valence-electron chi connectivity index (χ1n) is 10.9. The summed E-state index contributed by atoms with van der Waals surface area (Å²) < 4.78 is 6.89. The van der Waals surface area contributed by atoms with Crippen LogP contribution in [0.25, 0.3) is 0 Å². The zero-order valence-corrected chi connectivity index (χ0v) is 21.3. The summed E-state index contributed by atoms with van der Waals surface area (Å²) in [4.78, 5) is 0. The van der Waals surface area contributed by atoms with E-state index >= 15 is 0 Å². The van der Waals surface area contributed by atoms with Gasteiger partial charge in [-0.3, -0.25) is 0 Å². The lowest BCUT2D eigenvalue weighted by molar-refractivity contribution is 0.0874. The highest BCUT2D eigenvalue weighted by atomic mass is 35.5. The molecule has 0 aliphatic heterocycles. The number of benzene rings is 1. The highest BCUT2D eigenvalue weighted by Gasteiger charge is 2.38. The lowest BCUT2D eigenvalue weighted by Crippen LogP contribution is -2.48. The van der Waals surface area contributed by atoms with Crippen LogP contribution in [0.4, 0.5) is 0 Å². The molecule has 2 nitrogen and oxygen atoms in total. The Labute approximate surface area is 183 Å². The molecular weight excluding hydrogens is 405 g/mol. The average molecular weight is 445 g/mol. The Morgan fingerprint density at radius 3 is 2.00 bits per heavy atom. The van der Waals surface area contributed by atoms with Gasteiger partial charge in [0, 0.05) is 28.2 Å². The van der Waals surface area contributed by atoms with Crippen LogP contribution >= 0.6 is 23.2 Å². The molecule has 1 fully saturated rings. The molecule has 0 heterocycles. The topological polar surface area (TPSA) is 21.3 Å². The van der Waals surface area contributed by atoms with Crippen LogP contribution in [0.15, 0.2) is 12.1 Å². The van der Waals surface area contributed by atoms with E-state index in [0.717, 1.165) is 51.8 Å². The van der Waals surface area contributed by atoms with E-state index in [1.807, 2.05) is 19.1 Å². The summed E-state index contributed by atoms with van der Waals surface area (Å²) in [6.07, 6.45) is 2.40. The van der Waals surface area contributed by atoms with E-state index in [1.54, 1.807) is 0 Å². The maximum atomic E-state index is 6.89. The summed E-state index contributed by atoms with van der Waals surface area (Å²) >= 11 is 13.3. The molecule has 0 aromatic heterocycles. The number of nitrogens with one attached hydrogen (secondary N) is 1. The maximum absolute atomic E-state index is 6.89. The van der Waals surface area contributed by atoms with Crippen LogP contribution in [0.2, 0.25) is 28.2 Å². The van der Waals surface area contributed by atoms with Crippen LogP contribution in [-0.4, -0.2) is 20.9 Å². The Morgan fingerprint density at radius 2 is 1.57 bits per heavy atom. The fourth-order valence-corrected chi connectivity index (χ4v) is 7.93. The van der Waals surface area contributed by atoms with Crippen molar-refractivity contribution < 1.29 is 4.43 Å². The Hall–Kier alpha value is -0.0631. The van der Waals surface area contributed by atoms with Crippen molar-refractivity contribution in [2.24, 2.45) is 11.3 Å². The molecule has 1 aromatic rings. The highest BCUT2D eigenvalue weighted by Crippen LogP contribution is 2.42. The number of halogens is 2. The van der Waals surface area contributed by atoms with Crippen molar-refractivity contribution in [1.29, 1.82) is 0 Å². The van der Waals surface area contributed by atoms with Crippen molar-refractivity contribution in [3.8, 4) is 0 Å². The van der Waals surface area contributed by atoms with Crippen molar-refractivity contribution in [1.82, 2.24) is 5.32 Å². The molecule has 0 amide bonds. The third-order valence-corrected chi connectivity index (χ3v) is 12.1. The molecule has 1 atom stereocenters. The standard InChI is InChI=1S/C23H39Cl2NOSi/c1-8-28(9-2,10-3)27-21(22-19(24)11-16(4)12-20(22)25)15-26-18-13-17(14-18)23(5,6)7/h11-12,17-18,21,26H,8-10,13-15H2,1-7H3/t17-,18-,21?.